The Morgan fingerprint density at radius 2 is 1.67 bits per heavy atom. The van der Waals surface area contributed by atoms with Gasteiger partial charge in [-0.2, -0.15) is 0 Å². The Morgan fingerprint density at radius 3 is 2.17 bits per heavy atom. The van der Waals surface area contributed by atoms with Crippen LogP contribution in [0.5, 0.6) is 0 Å². The van der Waals surface area contributed by atoms with E-state index in [4.69, 9.17) is 0 Å². The van der Waals surface area contributed by atoms with Crippen molar-refractivity contribution >= 4 is 12.6 Å². The summed E-state index contributed by atoms with van der Waals surface area (Å²) >= 11 is 0. The van der Waals surface area contributed by atoms with Crippen molar-refractivity contribution in [1.82, 2.24) is 4.98 Å². The van der Waals surface area contributed by atoms with Crippen LogP contribution < -0.4 is 5.30 Å². The number of benzene rings is 1. The Labute approximate surface area is 160 Å². The number of halogens is 1. The summed E-state index contributed by atoms with van der Waals surface area (Å²) in [5.74, 6) is -0.0756. The van der Waals surface area contributed by atoms with Crippen LogP contribution in [-0.4, -0.2) is 23.5 Å². The molecule has 1 radical (unpaired) electrons. The first-order valence-electron chi connectivity index (χ1n) is 8.66. The quantitative estimate of drug-likeness (QED) is 0.326. The van der Waals surface area contributed by atoms with Gasteiger partial charge in [-0.05, 0) is 31.0 Å². The van der Waals surface area contributed by atoms with Gasteiger partial charge >= 0.3 is 0 Å². The van der Waals surface area contributed by atoms with Crippen LogP contribution >= 0.6 is 7.26 Å². The van der Waals surface area contributed by atoms with Crippen molar-refractivity contribution in [2.24, 2.45) is 0 Å². The molecule has 24 heavy (non-hydrogen) atoms. The molecule has 0 bridgehead atoms. The van der Waals surface area contributed by atoms with E-state index in [1.165, 1.54) is 6.07 Å². The second-order valence-corrected chi connectivity index (χ2v) is 10.2. The molecule has 1 aromatic carbocycles. The fraction of sp³-hybridized carbons (Fsp3) is 0.450. The number of hydrogen-bond donors (Lipinski definition) is 0. The fourth-order valence-electron chi connectivity index (χ4n) is 3.48. The predicted octanol–water partition coefficient (Wildman–Crippen LogP) is 5.56. The Kier molecular flexibility index (Phi) is 9.27. The molecule has 1 nitrogen and oxygen atoms in total. The van der Waals surface area contributed by atoms with E-state index in [1.807, 2.05) is 24.3 Å². The summed E-state index contributed by atoms with van der Waals surface area (Å²) in [5.41, 5.74) is 1.78. The standard InChI is InChI=1S/C20H27FNP.Ir/c1-4-13-23(14-5-2,15-6-3)20-16-17(10-11-18(20)21)19-9-7-8-12-22-19;/h7-9,11-12,16H,4-6,13-15H2,1-3H3;. The Bertz CT molecular complexity index is 601. The minimum atomic E-state index is -1.46. The first-order chi connectivity index (χ1) is 11.2. The molecule has 0 saturated carbocycles. The molecule has 0 N–H and O–H groups in total. The molecule has 0 fully saturated rings. The van der Waals surface area contributed by atoms with Crippen molar-refractivity contribution in [1.29, 1.82) is 0 Å². The minimum Gasteiger partial charge on any atom is -0.305 e. The van der Waals surface area contributed by atoms with Gasteiger partial charge in [0, 0.05) is 33.6 Å². The fourth-order valence-corrected chi connectivity index (χ4v) is 8.36. The van der Waals surface area contributed by atoms with Crippen LogP contribution in [0.4, 0.5) is 4.39 Å². The van der Waals surface area contributed by atoms with E-state index in [-0.39, 0.29) is 25.9 Å². The van der Waals surface area contributed by atoms with Gasteiger partial charge < -0.3 is 4.98 Å². The summed E-state index contributed by atoms with van der Waals surface area (Å²) in [5, 5.41) is 0.961. The molecule has 0 unspecified atom stereocenters. The second kappa shape index (κ2) is 10.4. The van der Waals surface area contributed by atoms with Crippen LogP contribution in [0, 0.1) is 11.9 Å². The molecular formula is C20H27FIrNP. The Morgan fingerprint density at radius 1 is 1.04 bits per heavy atom. The first-order valence-corrected chi connectivity index (χ1v) is 11.0. The number of aromatic nitrogens is 1. The molecule has 0 aliphatic heterocycles. The summed E-state index contributed by atoms with van der Waals surface area (Å²) in [4.78, 5) is 4.40. The van der Waals surface area contributed by atoms with E-state index in [1.54, 1.807) is 6.20 Å². The second-order valence-electron chi connectivity index (χ2n) is 6.11. The van der Waals surface area contributed by atoms with E-state index >= 15 is 0 Å². The van der Waals surface area contributed by atoms with Crippen LogP contribution in [0.3, 0.4) is 0 Å². The minimum absolute atomic E-state index is 0. The van der Waals surface area contributed by atoms with Crippen molar-refractivity contribution in [2.75, 3.05) is 18.5 Å². The van der Waals surface area contributed by atoms with E-state index in [0.717, 1.165) is 54.3 Å². The zero-order chi connectivity index (χ0) is 16.7. The van der Waals surface area contributed by atoms with E-state index in [9.17, 15) is 4.39 Å². The zero-order valence-corrected chi connectivity index (χ0v) is 18.1. The van der Waals surface area contributed by atoms with Gasteiger partial charge in [0.05, 0.1) is 29.6 Å². The van der Waals surface area contributed by atoms with Crippen molar-refractivity contribution < 1.29 is 24.5 Å². The average molecular weight is 524 g/mol. The maximum absolute atomic E-state index is 14.7. The first kappa shape index (κ1) is 21.4. The molecule has 2 rings (SSSR count). The van der Waals surface area contributed by atoms with Gasteiger partial charge in [0.15, 0.2) is 0 Å². The van der Waals surface area contributed by atoms with E-state index < -0.39 is 7.26 Å². The monoisotopic (exact) mass is 524 g/mol. The number of rotatable bonds is 8. The Hall–Kier alpha value is -0.621. The molecule has 0 amide bonds. The SMILES string of the molecule is CCC[P+](CCC)(CCC)c1cc(-c2ccccn2)[c-]cc1F.[Ir]. The van der Waals surface area contributed by atoms with Gasteiger partial charge in [-0.3, -0.25) is 4.39 Å². The molecule has 0 aliphatic carbocycles. The molecule has 0 atom stereocenters. The normalized spacial score (nSPS) is 11.2. The van der Waals surface area contributed by atoms with Gasteiger partial charge in [-0.25, -0.2) is 0 Å². The predicted molar refractivity (Wildman–Crippen MR) is 100 cm³/mol. The van der Waals surface area contributed by atoms with Gasteiger partial charge in [-0.15, -0.1) is 17.7 Å². The molecule has 1 aromatic heterocycles. The summed E-state index contributed by atoms with van der Waals surface area (Å²) < 4.78 is 14.7. The van der Waals surface area contributed by atoms with Gasteiger partial charge in [0.2, 0.25) is 0 Å². The number of hydrogen-bond acceptors (Lipinski definition) is 1. The maximum Gasteiger partial charge on any atom is 0.0793 e. The zero-order valence-electron chi connectivity index (χ0n) is 14.8. The molecule has 0 saturated heterocycles. The molecule has 4 heteroatoms. The Balaban J connectivity index is 0.00000288. The number of nitrogens with zero attached hydrogens (tertiary/aromatic N) is 1. The molecule has 133 valence electrons. The van der Waals surface area contributed by atoms with E-state index in [0.29, 0.717) is 0 Å². The van der Waals surface area contributed by atoms with E-state index in [2.05, 4.69) is 31.8 Å². The van der Waals surface area contributed by atoms with Gasteiger partial charge in [0.1, 0.15) is 0 Å². The van der Waals surface area contributed by atoms with Crippen molar-refractivity contribution in [3.05, 3.63) is 48.4 Å². The largest absolute Gasteiger partial charge is 0.305 e. The molecular weight excluding hydrogens is 496 g/mol. The van der Waals surface area contributed by atoms with Crippen LogP contribution in [0.15, 0.2) is 36.5 Å². The van der Waals surface area contributed by atoms with Crippen molar-refractivity contribution in [3.8, 4) is 11.3 Å². The number of pyridine rings is 1. The van der Waals surface area contributed by atoms with Crippen LogP contribution in [0.2, 0.25) is 0 Å². The molecule has 1 heterocycles. The van der Waals surface area contributed by atoms with Gasteiger partial charge in [-0.1, -0.05) is 39.0 Å². The third-order valence-corrected chi connectivity index (χ3v) is 9.56. The third kappa shape index (κ3) is 4.94. The third-order valence-electron chi connectivity index (χ3n) is 4.29. The molecule has 2 aromatic rings. The summed E-state index contributed by atoms with van der Waals surface area (Å²) in [6.45, 7) is 6.64. The van der Waals surface area contributed by atoms with Crippen LogP contribution in [-0.2, 0) is 20.1 Å². The van der Waals surface area contributed by atoms with Crippen molar-refractivity contribution in [2.45, 2.75) is 40.0 Å². The molecule has 0 aliphatic rings. The van der Waals surface area contributed by atoms with Crippen LogP contribution in [0.25, 0.3) is 11.3 Å². The summed E-state index contributed by atoms with van der Waals surface area (Å²) in [6.07, 6.45) is 8.53. The summed E-state index contributed by atoms with van der Waals surface area (Å²) in [6, 6.07) is 12.5. The van der Waals surface area contributed by atoms with Crippen LogP contribution in [0.1, 0.15) is 40.0 Å². The van der Waals surface area contributed by atoms with Crippen molar-refractivity contribution in [3.63, 3.8) is 0 Å². The van der Waals surface area contributed by atoms with Gasteiger partial charge in [0.25, 0.3) is 0 Å². The smallest absolute Gasteiger partial charge is 0.0793 e. The average Bonchev–Trinajstić information content (AvgIpc) is 2.56. The molecule has 0 spiro atoms. The summed E-state index contributed by atoms with van der Waals surface area (Å²) in [7, 11) is -1.46. The topological polar surface area (TPSA) is 12.9 Å². The maximum atomic E-state index is 14.7.